The summed E-state index contributed by atoms with van der Waals surface area (Å²) in [7, 11) is -1.87. The molecule has 0 bridgehead atoms. The van der Waals surface area contributed by atoms with Crippen molar-refractivity contribution < 1.29 is 28.7 Å². The number of fused-ring (bicyclic) bond motifs is 1. The zero-order valence-electron chi connectivity index (χ0n) is 13.3. The molecule has 0 aliphatic carbocycles. The van der Waals surface area contributed by atoms with Crippen molar-refractivity contribution in [1.82, 2.24) is 18.7 Å². The quantitative estimate of drug-likeness (QED) is 0.523. The Morgan fingerprint density at radius 3 is 2.68 bits per heavy atom. The number of aliphatic hydroxyl groups is 1. The van der Waals surface area contributed by atoms with Gasteiger partial charge in [0, 0.05) is 20.5 Å². The maximum Gasteiger partial charge on any atom is 0.469 e. The molecule has 1 aliphatic rings. The minimum absolute atomic E-state index is 0.0672. The summed E-state index contributed by atoms with van der Waals surface area (Å²) < 4.78 is 24.3. The number of imidazole rings is 1. The highest BCUT2D eigenvalue weighted by Crippen LogP contribution is 2.38. The monoisotopic (exact) mass is 376 g/mol. The van der Waals surface area contributed by atoms with E-state index in [2.05, 4.69) is 9.51 Å². The third-order valence-electron chi connectivity index (χ3n) is 4.09. The minimum atomic E-state index is -4.69. The van der Waals surface area contributed by atoms with Crippen LogP contribution in [-0.4, -0.2) is 52.4 Å². The van der Waals surface area contributed by atoms with Gasteiger partial charge in [0.15, 0.2) is 11.2 Å². The highest BCUT2D eigenvalue weighted by Gasteiger charge is 2.37. The molecule has 0 unspecified atom stereocenters. The zero-order chi connectivity index (χ0) is 18.5. The van der Waals surface area contributed by atoms with E-state index in [4.69, 9.17) is 14.5 Å². The number of rotatable bonds is 4. The molecular formula is C12H17N4O8P. The van der Waals surface area contributed by atoms with E-state index in [-0.39, 0.29) is 17.6 Å². The van der Waals surface area contributed by atoms with E-state index in [0.717, 1.165) is 4.57 Å². The first-order chi connectivity index (χ1) is 11.6. The molecule has 3 heterocycles. The number of phosphoric ester groups is 1. The maximum atomic E-state index is 12.1. The number of aryl methyl sites for hydroxylation is 1. The standard InChI is InChI=1S/C12H17N4O8P/c1-14-10-9(11(18)15(2)12(14)19)13-5-16(10)8-3-6(17)7(24-8)4-23-25(20,21)22/h5-8,17H,3-4H2,1-2H3,(H2,20,21,22)/t6-,7+,8+/m0/s1. The van der Waals surface area contributed by atoms with Gasteiger partial charge in [-0.05, 0) is 0 Å². The van der Waals surface area contributed by atoms with Gasteiger partial charge in [-0.3, -0.25) is 23.0 Å². The molecule has 3 atom stereocenters. The molecular weight excluding hydrogens is 359 g/mol. The van der Waals surface area contributed by atoms with Gasteiger partial charge in [-0.15, -0.1) is 0 Å². The number of phosphoric acid groups is 1. The highest BCUT2D eigenvalue weighted by atomic mass is 31.2. The van der Waals surface area contributed by atoms with Gasteiger partial charge in [0.1, 0.15) is 12.3 Å². The van der Waals surface area contributed by atoms with Crippen LogP contribution >= 0.6 is 7.82 Å². The van der Waals surface area contributed by atoms with Crippen molar-refractivity contribution in [2.45, 2.75) is 24.9 Å². The van der Waals surface area contributed by atoms with Gasteiger partial charge < -0.3 is 19.6 Å². The van der Waals surface area contributed by atoms with Crippen molar-refractivity contribution in [3.05, 3.63) is 27.2 Å². The lowest BCUT2D eigenvalue weighted by Crippen LogP contribution is -2.37. The molecule has 13 heteroatoms. The Balaban J connectivity index is 1.95. The van der Waals surface area contributed by atoms with Crippen LogP contribution in [0.4, 0.5) is 0 Å². The van der Waals surface area contributed by atoms with E-state index in [9.17, 15) is 19.3 Å². The Morgan fingerprint density at radius 2 is 2.04 bits per heavy atom. The Kier molecular flexibility index (Phi) is 4.43. The van der Waals surface area contributed by atoms with Crippen LogP contribution in [-0.2, 0) is 27.9 Å². The molecule has 0 radical (unpaired) electrons. The van der Waals surface area contributed by atoms with Gasteiger partial charge in [0.2, 0.25) is 0 Å². The molecule has 2 aromatic rings. The number of ether oxygens (including phenoxy) is 1. The topological polar surface area (TPSA) is 158 Å². The van der Waals surface area contributed by atoms with Crippen LogP contribution in [0.1, 0.15) is 12.6 Å². The van der Waals surface area contributed by atoms with Crippen LogP contribution in [0.3, 0.4) is 0 Å². The molecule has 0 amide bonds. The third-order valence-corrected chi connectivity index (χ3v) is 4.57. The number of aliphatic hydroxyl groups excluding tert-OH is 1. The lowest BCUT2D eigenvalue weighted by Gasteiger charge is -2.17. The van der Waals surface area contributed by atoms with E-state index in [1.165, 1.54) is 29.6 Å². The summed E-state index contributed by atoms with van der Waals surface area (Å²) in [5.74, 6) is 0. The molecule has 3 N–H and O–H groups in total. The largest absolute Gasteiger partial charge is 0.469 e. The summed E-state index contributed by atoms with van der Waals surface area (Å²) in [5, 5.41) is 10.0. The van der Waals surface area contributed by atoms with Crippen molar-refractivity contribution >= 4 is 19.0 Å². The van der Waals surface area contributed by atoms with Gasteiger partial charge in [0.05, 0.1) is 19.0 Å². The van der Waals surface area contributed by atoms with Crippen molar-refractivity contribution in [3.63, 3.8) is 0 Å². The van der Waals surface area contributed by atoms with Gasteiger partial charge in [-0.1, -0.05) is 0 Å². The maximum absolute atomic E-state index is 12.1. The van der Waals surface area contributed by atoms with Crippen molar-refractivity contribution in [2.75, 3.05) is 6.61 Å². The molecule has 1 fully saturated rings. The Morgan fingerprint density at radius 1 is 1.36 bits per heavy atom. The Hall–Kier alpha value is -1.82. The lowest BCUT2D eigenvalue weighted by atomic mass is 10.2. The molecule has 2 aromatic heterocycles. The van der Waals surface area contributed by atoms with Crippen LogP contribution in [0.15, 0.2) is 15.9 Å². The first kappa shape index (κ1) is 18.0. The van der Waals surface area contributed by atoms with E-state index < -0.39 is 44.1 Å². The van der Waals surface area contributed by atoms with E-state index in [0.29, 0.717) is 0 Å². The number of hydrogen-bond donors (Lipinski definition) is 3. The molecule has 25 heavy (non-hydrogen) atoms. The average molecular weight is 376 g/mol. The fourth-order valence-electron chi connectivity index (χ4n) is 2.82. The summed E-state index contributed by atoms with van der Waals surface area (Å²) >= 11 is 0. The summed E-state index contributed by atoms with van der Waals surface area (Å²) in [6.45, 7) is -0.505. The number of aromatic nitrogens is 4. The van der Waals surface area contributed by atoms with Crippen molar-refractivity contribution in [3.8, 4) is 0 Å². The number of nitrogens with zero attached hydrogens (tertiary/aromatic N) is 4. The van der Waals surface area contributed by atoms with E-state index in [1.54, 1.807) is 0 Å². The zero-order valence-corrected chi connectivity index (χ0v) is 14.2. The predicted octanol–water partition coefficient (Wildman–Crippen LogP) is -1.81. The van der Waals surface area contributed by atoms with E-state index >= 15 is 0 Å². The van der Waals surface area contributed by atoms with Crippen LogP contribution in [0.5, 0.6) is 0 Å². The second-order valence-electron chi connectivity index (χ2n) is 5.75. The third kappa shape index (κ3) is 3.19. The Labute approximate surface area is 140 Å². The smallest absolute Gasteiger partial charge is 0.390 e. The molecule has 3 rings (SSSR count). The SMILES string of the molecule is Cn1c(=O)c2ncn([C@H]3C[C@H](O)[C@@H](COP(=O)(O)O)O3)c2n(C)c1=O. The highest BCUT2D eigenvalue weighted by molar-refractivity contribution is 7.46. The predicted molar refractivity (Wildman–Crippen MR) is 82.7 cm³/mol. The summed E-state index contributed by atoms with van der Waals surface area (Å²) in [5.41, 5.74) is -0.810. The molecule has 0 spiro atoms. The average Bonchev–Trinajstić information content (AvgIpc) is 3.12. The molecule has 12 nitrogen and oxygen atoms in total. The lowest BCUT2D eigenvalue weighted by molar-refractivity contribution is -0.0425. The van der Waals surface area contributed by atoms with Gasteiger partial charge in [-0.2, -0.15) is 0 Å². The first-order valence-corrected chi connectivity index (χ1v) is 8.79. The molecule has 1 aliphatic heterocycles. The fraction of sp³-hybridized carbons (Fsp3) is 0.583. The first-order valence-electron chi connectivity index (χ1n) is 7.26. The van der Waals surface area contributed by atoms with E-state index in [1.807, 2.05) is 0 Å². The van der Waals surface area contributed by atoms with Crippen LogP contribution < -0.4 is 11.2 Å². The fourth-order valence-corrected chi connectivity index (χ4v) is 3.16. The molecule has 0 aromatic carbocycles. The van der Waals surface area contributed by atoms with Crippen LogP contribution in [0, 0.1) is 0 Å². The number of hydrogen-bond acceptors (Lipinski definition) is 7. The van der Waals surface area contributed by atoms with Crippen LogP contribution in [0.25, 0.3) is 11.2 Å². The molecule has 0 saturated carbocycles. The minimum Gasteiger partial charge on any atom is -0.390 e. The normalized spacial score (nSPS) is 24.3. The van der Waals surface area contributed by atoms with Crippen LogP contribution in [0.2, 0.25) is 0 Å². The van der Waals surface area contributed by atoms with Gasteiger partial charge >= 0.3 is 13.5 Å². The second kappa shape index (κ2) is 6.16. The van der Waals surface area contributed by atoms with Crippen molar-refractivity contribution in [1.29, 1.82) is 0 Å². The summed E-state index contributed by atoms with van der Waals surface area (Å²) in [6.07, 6.45) is -1.40. The molecule has 138 valence electrons. The Bertz CT molecular complexity index is 972. The van der Waals surface area contributed by atoms with Crippen molar-refractivity contribution in [2.24, 2.45) is 14.1 Å². The second-order valence-corrected chi connectivity index (χ2v) is 6.99. The summed E-state index contributed by atoms with van der Waals surface area (Å²) in [6, 6.07) is 0. The van der Waals surface area contributed by atoms with Gasteiger partial charge in [0.25, 0.3) is 5.56 Å². The molecule has 1 saturated heterocycles. The summed E-state index contributed by atoms with van der Waals surface area (Å²) in [4.78, 5) is 45.7. The van der Waals surface area contributed by atoms with Gasteiger partial charge in [-0.25, -0.2) is 14.3 Å².